The van der Waals surface area contributed by atoms with Crippen LogP contribution in [0.1, 0.15) is 24.2 Å². The van der Waals surface area contributed by atoms with Gasteiger partial charge in [-0.3, -0.25) is 9.59 Å². The van der Waals surface area contributed by atoms with Crippen LogP contribution in [0, 0.1) is 0 Å². The lowest BCUT2D eigenvalue weighted by Gasteiger charge is -2.10. The highest BCUT2D eigenvalue weighted by Gasteiger charge is 2.10. The summed E-state index contributed by atoms with van der Waals surface area (Å²) in [6.07, 6.45) is 1.49. The quantitative estimate of drug-likeness (QED) is 0.752. The molecule has 2 aromatic rings. The summed E-state index contributed by atoms with van der Waals surface area (Å²) in [7, 11) is 0. The summed E-state index contributed by atoms with van der Waals surface area (Å²) >= 11 is 0. The molecule has 7 nitrogen and oxygen atoms in total. The highest BCUT2D eigenvalue weighted by molar-refractivity contribution is 5.99. The molecule has 1 aromatic heterocycles. The minimum absolute atomic E-state index is 0.0481. The molecule has 0 bridgehead atoms. The van der Waals surface area contributed by atoms with E-state index in [1.807, 2.05) is 13.8 Å². The van der Waals surface area contributed by atoms with E-state index in [1.165, 1.54) is 12.3 Å². The molecular weight excluding hydrogens is 310 g/mol. The van der Waals surface area contributed by atoms with E-state index >= 15 is 0 Å². The fourth-order valence-electron chi connectivity index (χ4n) is 1.89. The first kappa shape index (κ1) is 17.3. The van der Waals surface area contributed by atoms with Crippen LogP contribution in [0.3, 0.4) is 0 Å². The zero-order chi connectivity index (χ0) is 17.5. The third-order valence-electron chi connectivity index (χ3n) is 2.94. The van der Waals surface area contributed by atoms with Crippen LogP contribution >= 0.6 is 0 Å². The maximum Gasteiger partial charge on any atom is 0.251 e. The van der Waals surface area contributed by atoms with Crippen molar-refractivity contribution >= 4 is 17.6 Å². The van der Waals surface area contributed by atoms with Gasteiger partial charge in [-0.2, -0.15) is 0 Å². The first-order valence-corrected chi connectivity index (χ1v) is 7.44. The van der Waals surface area contributed by atoms with E-state index in [0.717, 1.165) is 0 Å². The average molecular weight is 329 g/mol. The zero-order valence-corrected chi connectivity index (χ0v) is 13.4. The highest BCUT2D eigenvalue weighted by Crippen LogP contribution is 2.17. The maximum atomic E-state index is 12.0. The molecule has 2 amide bonds. The van der Waals surface area contributed by atoms with Gasteiger partial charge in [0.1, 0.15) is 5.75 Å². The molecular formula is C17H19N3O4. The number of amides is 2. The Labute approximate surface area is 139 Å². The molecule has 0 spiro atoms. The molecule has 3 N–H and O–H groups in total. The Kier molecular flexibility index (Phi) is 5.73. The van der Waals surface area contributed by atoms with Gasteiger partial charge in [0.05, 0.1) is 12.6 Å². The summed E-state index contributed by atoms with van der Waals surface area (Å²) in [6.45, 7) is 3.59. The van der Waals surface area contributed by atoms with Gasteiger partial charge >= 0.3 is 0 Å². The molecule has 0 saturated carbocycles. The van der Waals surface area contributed by atoms with E-state index in [9.17, 15) is 14.7 Å². The summed E-state index contributed by atoms with van der Waals surface area (Å²) in [5.74, 6) is -0.293. The third-order valence-corrected chi connectivity index (χ3v) is 2.94. The van der Waals surface area contributed by atoms with Crippen LogP contribution in [-0.4, -0.2) is 34.6 Å². The lowest BCUT2D eigenvalue weighted by molar-refractivity contribution is -0.115. The number of hydrogen-bond donors (Lipinski definition) is 3. The minimum Gasteiger partial charge on any atom is -0.504 e. The van der Waals surface area contributed by atoms with Crippen LogP contribution in [0.25, 0.3) is 0 Å². The fourth-order valence-corrected chi connectivity index (χ4v) is 1.89. The number of hydrogen-bond acceptors (Lipinski definition) is 5. The number of carbonyl (C=O) groups excluding carboxylic acids is 2. The fraction of sp³-hybridized carbons (Fsp3) is 0.235. The van der Waals surface area contributed by atoms with E-state index in [-0.39, 0.29) is 30.1 Å². The Hall–Kier alpha value is -3.09. The molecule has 0 radical (unpaired) electrons. The molecule has 1 aromatic carbocycles. The van der Waals surface area contributed by atoms with Crippen LogP contribution < -0.4 is 15.4 Å². The Morgan fingerprint density at radius 1 is 1.21 bits per heavy atom. The second kappa shape index (κ2) is 7.96. The Bertz CT molecular complexity index is 714. The molecule has 2 rings (SSSR count). The molecule has 0 aliphatic heterocycles. The summed E-state index contributed by atoms with van der Waals surface area (Å²) in [5.41, 5.74) is 0.416. The maximum absolute atomic E-state index is 12.0. The number of anilines is 1. The standard InChI is InChI=1S/C17H19N3O4/c1-11(2)24-13-7-5-12(6-8-13)17(23)19-10-15(22)20-16-14(21)4-3-9-18-16/h3-9,11,21H,10H2,1-2H3,(H,19,23)(H,18,20,22). The van der Waals surface area contributed by atoms with Crippen molar-refractivity contribution in [3.63, 3.8) is 0 Å². The number of carbonyl (C=O) groups is 2. The van der Waals surface area contributed by atoms with Gasteiger partial charge in [0.2, 0.25) is 5.91 Å². The van der Waals surface area contributed by atoms with E-state index in [4.69, 9.17) is 4.74 Å². The SMILES string of the molecule is CC(C)Oc1ccc(C(=O)NCC(=O)Nc2ncccc2O)cc1. The van der Waals surface area contributed by atoms with Gasteiger partial charge in [-0.05, 0) is 50.2 Å². The predicted molar refractivity (Wildman–Crippen MR) is 89.1 cm³/mol. The van der Waals surface area contributed by atoms with Crippen LogP contribution in [0.15, 0.2) is 42.6 Å². The summed E-state index contributed by atoms with van der Waals surface area (Å²) in [5, 5.41) is 14.4. The summed E-state index contributed by atoms with van der Waals surface area (Å²) in [6, 6.07) is 9.58. The largest absolute Gasteiger partial charge is 0.504 e. The van der Waals surface area contributed by atoms with Gasteiger partial charge in [0.25, 0.3) is 5.91 Å². The topological polar surface area (TPSA) is 101 Å². The van der Waals surface area contributed by atoms with Crippen molar-refractivity contribution in [3.05, 3.63) is 48.2 Å². The molecule has 0 unspecified atom stereocenters. The number of aromatic hydroxyl groups is 1. The first-order chi connectivity index (χ1) is 11.5. The number of nitrogens with one attached hydrogen (secondary N) is 2. The van der Waals surface area contributed by atoms with Gasteiger partial charge in [0, 0.05) is 11.8 Å². The van der Waals surface area contributed by atoms with Crippen LogP contribution in [-0.2, 0) is 4.79 Å². The lowest BCUT2D eigenvalue weighted by atomic mass is 10.2. The molecule has 24 heavy (non-hydrogen) atoms. The Morgan fingerprint density at radius 2 is 1.92 bits per heavy atom. The van der Waals surface area contributed by atoms with Crippen molar-refractivity contribution in [1.29, 1.82) is 0 Å². The Balaban J connectivity index is 1.86. The predicted octanol–water partition coefficient (Wildman–Crippen LogP) is 1.94. The molecule has 1 heterocycles. The number of benzene rings is 1. The molecule has 0 aliphatic carbocycles. The Morgan fingerprint density at radius 3 is 2.54 bits per heavy atom. The minimum atomic E-state index is -0.489. The molecule has 0 atom stereocenters. The van der Waals surface area contributed by atoms with Gasteiger partial charge < -0.3 is 20.5 Å². The van der Waals surface area contributed by atoms with Crippen LogP contribution in [0.2, 0.25) is 0 Å². The normalized spacial score (nSPS) is 10.3. The van der Waals surface area contributed by atoms with Crippen molar-refractivity contribution in [2.75, 3.05) is 11.9 Å². The number of ether oxygens (including phenoxy) is 1. The number of nitrogens with zero attached hydrogens (tertiary/aromatic N) is 1. The number of aromatic nitrogens is 1. The van der Waals surface area contributed by atoms with Gasteiger partial charge in [-0.25, -0.2) is 4.98 Å². The molecule has 126 valence electrons. The monoisotopic (exact) mass is 329 g/mol. The van der Waals surface area contributed by atoms with Gasteiger partial charge in [0.15, 0.2) is 11.6 Å². The second-order valence-corrected chi connectivity index (χ2v) is 5.29. The molecule has 0 saturated heterocycles. The average Bonchev–Trinajstić information content (AvgIpc) is 2.55. The van der Waals surface area contributed by atoms with Crippen molar-refractivity contribution < 1.29 is 19.4 Å². The van der Waals surface area contributed by atoms with Crippen LogP contribution in [0.5, 0.6) is 11.5 Å². The molecule has 0 fully saturated rings. The second-order valence-electron chi connectivity index (χ2n) is 5.29. The zero-order valence-electron chi connectivity index (χ0n) is 13.4. The van der Waals surface area contributed by atoms with Crippen molar-refractivity contribution in [2.45, 2.75) is 20.0 Å². The van der Waals surface area contributed by atoms with E-state index in [1.54, 1.807) is 30.3 Å². The molecule has 0 aliphatic rings. The van der Waals surface area contributed by atoms with Crippen molar-refractivity contribution in [1.82, 2.24) is 10.3 Å². The summed E-state index contributed by atoms with van der Waals surface area (Å²) < 4.78 is 5.50. The van der Waals surface area contributed by atoms with Gasteiger partial charge in [-0.1, -0.05) is 0 Å². The highest BCUT2D eigenvalue weighted by atomic mass is 16.5. The van der Waals surface area contributed by atoms with Crippen LogP contribution in [0.4, 0.5) is 5.82 Å². The number of rotatable bonds is 6. The lowest BCUT2D eigenvalue weighted by Crippen LogP contribution is -2.33. The number of pyridine rings is 1. The molecule has 7 heteroatoms. The summed E-state index contributed by atoms with van der Waals surface area (Å²) in [4.78, 5) is 27.6. The third kappa shape index (κ3) is 4.98. The van der Waals surface area contributed by atoms with E-state index in [2.05, 4.69) is 15.6 Å². The van der Waals surface area contributed by atoms with E-state index in [0.29, 0.717) is 11.3 Å². The first-order valence-electron chi connectivity index (χ1n) is 7.44. The van der Waals surface area contributed by atoms with E-state index < -0.39 is 5.91 Å². The van der Waals surface area contributed by atoms with Crippen molar-refractivity contribution in [2.24, 2.45) is 0 Å². The van der Waals surface area contributed by atoms with Crippen molar-refractivity contribution in [3.8, 4) is 11.5 Å². The van der Waals surface area contributed by atoms with Gasteiger partial charge in [-0.15, -0.1) is 0 Å². The smallest absolute Gasteiger partial charge is 0.251 e.